The minimum absolute atomic E-state index is 0.0554. The molecule has 80 heavy (non-hydrogen) atoms. The van der Waals surface area contributed by atoms with Crippen LogP contribution >= 0.6 is 0 Å². The Balaban J connectivity index is 1.07. The minimum atomic E-state index is -0.264. The van der Waals surface area contributed by atoms with Gasteiger partial charge >= 0.3 is 0 Å². The second kappa shape index (κ2) is 19.3. The van der Waals surface area contributed by atoms with Crippen LogP contribution < -0.4 is 26.2 Å². The van der Waals surface area contributed by atoms with E-state index in [1.807, 2.05) is 0 Å². The summed E-state index contributed by atoms with van der Waals surface area (Å²) in [5, 5.41) is 5.02. The van der Waals surface area contributed by atoms with Crippen LogP contribution in [0.5, 0.6) is 0 Å². The molecule has 0 N–H and O–H groups in total. The Morgan fingerprint density at radius 1 is 0.312 bits per heavy atom. The van der Waals surface area contributed by atoms with Crippen molar-refractivity contribution in [2.24, 2.45) is 0 Å². The zero-order valence-corrected chi connectivity index (χ0v) is 46.5. The molecule has 384 valence electrons. The number of anilines is 6. The van der Waals surface area contributed by atoms with E-state index < -0.39 is 0 Å². The molecule has 0 unspecified atom stereocenters. The van der Waals surface area contributed by atoms with E-state index in [0.717, 1.165) is 11.4 Å². The van der Waals surface area contributed by atoms with Crippen molar-refractivity contribution < 1.29 is 0 Å². The number of para-hydroxylation sites is 2. The van der Waals surface area contributed by atoms with Crippen LogP contribution in [0.25, 0.3) is 54.9 Å². The van der Waals surface area contributed by atoms with Gasteiger partial charge in [0.2, 0.25) is 0 Å². The van der Waals surface area contributed by atoms with Gasteiger partial charge in [0.1, 0.15) is 0 Å². The van der Waals surface area contributed by atoms with Crippen molar-refractivity contribution in [2.45, 2.75) is 58.3 Å². The molecular weight excluding hydrogens is 964 g/mol. The molecule has 12 aromatic carbocycles. The molecule has 12 aromatic rings. The number of benzene rings is 12. The van der Waals surface area contributed by atoms with Crippen molar-refractivity contribution in [3.05, 3.63) is 295 Å². The van der Waals surface area contributed by atoms with E-state index in [1.165, 1.54) is 122 Å². The first-order valence-electron chi connectivity index (χ1n) is 28.5. The van der Waals surface area contributed by atoms with Crippen LogP contribution in [0.1, 0.15) is 75.3 Å². The van der Waals surface area contributed by atoms with Crippen molar-refractivity contribution >= 4 is 78.8 Å². The summed E-state index contributed by atoms with van der Waals surface area (Å²) in [6, 6.07) is 100. The van der Waals surface area contributed by atoms with Crippen molar-refractivity contribution in [1.82, 2.24) is 0 Å². The van der Waals surface area contributed by atoms with Gasteiger partial charge in [0, 0.05) is 45.0 Å². The van der Waals surface area contributed by atoms with E-state index in [1.54, 1.807) is 0 Å². The third-order valence-electron chi connectivity index (χ3n) is 17.8. The van der Waals surface area contributed by atoms with Crippen LogP contribution in [0, 0.1) is 0 Å². The van der Waals surface area contributed by atoms with Crippen molar-refractivity contribution in [3.8, 4) is 33.4 Å². The van der Waals surface area contributed by atoms with Gasteiger partial charge in [-0.25, -0.2) is 0 Å². The maximum atomic E-state index is 2.58. The van der Waals surface area contributed by atoms with E-state index in [4.69, 9.17) is 0 Å². The molecule has 2 heterocycles. The molecule has 0 saturated carbocycles. The molecule has 0 amide bonds. The zero-order chi connectivity index (χ0) is 54.3. The highest BCUT2D eigenvalue weighted by molar-refractivity contribution is 7.00. The topological polar surface area (TPSA) is 6.48 Å². The monoisotopic (exact) mass is 1030 g/mol. The Bertz CT molecular complexity index is 4090. The molecule has 0 aliphatic carbocycles. The van der Waals surface area contributed by atoms with E-state index in [9.17, 15) is 0 Å². The lowest BCUT2D eigenvalue weighted by molar-refractivity contribution is 0.641. The summed E-state index contributed by atoms with van der Waals surface area (Å²) in [7, 11) is 0. The second-order valence-electron chi connectivity index (χ2n) is 23.4. The summed E-state index contributed by atoms with van der Waals surface area (Å²) >= 11 is 0. The second-order valence-corrected chi connectivity index (χ2v) is 23.4. The summed E-state index contributed by atoms with van der Waals surface area (Å²) in [6.45, 7) is 14.1. The zero-order valence-electron chi connectivity index (χ0n) is 46.5. The molecule has 2 aliphatic heterocycles. The predicted octanol–water partition coefficient (Wildman–Crippen LogP) is 18.9. The Labute approximate surface area is 472 Å². The molecule has 3 heteroatoms. The normalized spacial score (nSPS) is 12.9. The lowest BCUT2D eigenvalue weighted by atomic mass is 9.33. The summed E-state index contributed by atoms with van der Waals surface area (Å²) in [6.07, 6.45) is 0. The summed E-state index contributed by atoms with van der Waals surface area (Å²) in [5.41, 5.74) is 24.2. The highest BCUT2D eigenvalue weighted by atomic mass is 15.2. The molecule has 0 bridgehead atoms. The van der Waals surface area contributed by atoms with E-state index in [2.05, 4.69) is 318 Å². The number of hydrogen-bond donors (Lipinski definition) is 0. The number of nitrogens with zero attached hydrogens (tertiary/aromatic N) is 2. The fraction of sp³-hybridized carbons (Fsp3) is 0.117. The first kappa shape index (κ1) is 49.1. The first-order valence-corrected chi connectivity index (χ1v) is 28.5. The van der Waals surface area contributed by atoms with Gasteiger partial charge in [-0.1, -0.05) is 254 Å². The van der Waals surface area contributed by atoms with Crippen molar-refractivity contribution in [1.29, 1.82) is 0 Å². The van der Waals surface area contributed by atoms with Crippen molar-refractivity contribution in [2.75, 3.05) is 9.80 Å². The third-order valence-corrected chi connectivity index (χ3v) is 17.8. The quantitative estimate of drug-likeness (QED) is 0.0995. The summed E-state index contributed by atoms with van der Waals surface area (Å²) in [5.74, 6) is 0.272. The minimum Gasteiger partial charge on any atom is -0.311 e. The smallest absolute Gasteiger partial charge is 0.252 e. The van der Waals surface area contributed by atoms with Crippen LogP contribution in [0.3, 0.4) is 0 Å². The highest BCUT2D eigenvalue weighted by Crippen LogP contribution is 2.50. The molecule has 0 spiro atoms. The SMILES string of the molecule is CC(C)c1cc(-c2cc3c4c(c2)N(c2ccccc2)c2cc(C(C)(C)c5ccccc5)ccc2B4c2ccc(C(C)(C)c4ccccc4)cc2N3c2ccccc2)cc(-c2c3ccccc3c(-c3ccccc3)c3ccccc23)c1. The molecule has 0 atom stereocenters. The Hall–Kier alpha value is -9.18. The van der Waals surface area contributed by atoms with Gasteiger partial charge in [-0.2, -0.15) is 0 Å². The van der Waals surface area contributed by atoms with Crippen LogP contribution in [0.4, 0.5) is 34.1 Å². The van der Waals surface area contributed by atoms with E-state index in [-0.39, 0.29) is 23.5 Å². The number of fused-ring (bicyclic) bond motifs is 6. The van der Waals surface area contributed by atoms with Gasteiger partial charge in [-0.15, -0.1) is 0 Å². The predicted molar refractivity (Wildman–Crippen MR) is 343 cm³/mol. The van der Waals surface area contributed by atoms with Gasteiger partial charge in [0.15, 0.2) is 0 Å². The Morgan fingerprint density at radius 3 is 1.10 bits per heavy atom. The van der Waals surface area contributed by atoms with Gasteiger partial charge in [0.05, 0.1) is 0 Å². The van der Waals surface area contributed by atoms with E-state index in [0.29, 0.717) is 0 Å². The fourth-order valence-electron chi connectivity index (χ4n) is 13.3. The molecule has 0 fully saturated rings. The largest absolute Gasteiger partial charge is 0.311 e. The van der Waals surface area contributed by atoms with Gasteiger partial charge in [-0.05, 0) is 160 Å². The number of rotatable bonds is 10. The van der Waals surface area contributed by atoms with Crippen LogP contribution in [-0.2, 0) is 10.8 Å². The maximum absolute atomic E-state index is 2.58. The van der Waals surface area contributed by atoms with E-state index >= 15 is 0 Å². The number of hydrogen-bond acceptors (Lipinski definition) is 2. The molecule has 2 nitrogen and oxygen atoms in total. The van der Waals surface area contributed by atoms with Gasteiger partial charge < -0.3 is 9.80 Å². The molecule has 0 radical (unpaired) electrons. The van der Waals surface area contributed by atoms with Gasteiger partial charge in [-0.3, -0.25) is 0 Å². The lowest BCUT2D eigenvalue weighted by Crippen LogP contribution is -2.61. The molecule has 2 aliphatic rings. The standard InChI is InChI=1S/C77H63BN2/c1-51(2)53-44-54(46-56(45-53)74-65-38-24-22-36-63(65)73(52-26-12-7-13-27-52)64-37-23-25-39-66(64)74)55-47-71-75-72(48-55)80(62-34-20-11-21-35-62)70-50-60(77(5,6)58-30-16-9-17-31-58)41-43-68(70)78(75)67-42-40-59(76(3,4)57-28-14-8-15-29-57)49-69(67)79(71)61-32-18-10-19-33-61/h7-51H,1-6H3. The Kier molecular flexibility index (Phi) is 11.9. The average molecular weight is 1030 g/mol. The van der Waals surface area contributed by atoms with Crippen LogP contribution in [0.15, 0.2) is 267 Å². The van der Waals surface area contributed by atoms with Crippen LogP contribution in [0.2, 0.25) is 0 Å². The molecule has 0 saturated heterocycles. The average Bonchev–Trinajstić information content (AvgIpc) is 3.68. The van der Waals surface area contributed by atoms with Crippen LogP contribution in [-0.4, -0.2) is 6.71 Å². The highest BCUT2D eigenvalue weighted by Gasteiger charge is 2.45. The molecule has 14 rings (SSSR count). The lowest BCUT2D eigenvalue weighted by Gasteiger charge is -2.45. The summed E-state index contributed by atoms with van der Waals surface area (Å²) < 4.78 is 0. The fourth-order valence-corrected chi connectivity index (χ4v) is 13.3. The maximum Gasteiger partial charge on any atom is 0.252 e. The van der Waals surface area contributed by atoms with Gasteiger partial charge in [0.25, 0.3) is 6.71 Å². The summed E-state index contributed by atoms with van der Waals surface area (Å²) in [4.78, 5) is 5.16. The Morgan fingerprint density at radius 2 is 0.675 bits per heavy atom. The molecule has 0 aromatic heterocycles. The first-order chi connectivity index (χ1) is 39.0. The molecular formula is C77H63BN2. The third kappa shape index (κ3) is 8.01. The van der Waals surface area contributed by atoms with Crippen molar-refractivity contribution in [3.63, 3.8) is 0 Å².